The highest BCUT2D eigenvalue weighted by Gasteiger charge is 2.26. The Morgan fingerprint density at radius 1 is 1.59 bits per heavy atom. The zero-order valence-corrected chi connectivity index (χ0v) is 9.43. The van der Waals surface area contributed by atoms with Crippen molar-refractivity contribution in [3.63, 3.8) is 0 Å². The topological polar surface area (TPSA) is 86.3 Å². The fourth-order valence-electron chi connectivity index (χ4n) is 2.19. The minimum atomic E-state index is -1.07. The van der Waals surface area contributed by atoms with Crippen molar-refractivity contribution in [3.05, 3.63) is 18.0 Å². The van der Waals surface area contributed by atoms with Gasteiger partial charge in [0, 0.05) is 30.9 Å². The number of rotatable bonds is 3. The number of aromatic amines is 1. The van der Waals surface area contributed by atoms with E-state index < -0.39 is 12.4 Å². The fraction of sp³-hybridized carbons (Fsp3) is 0.545. The Morgan fingerprint density at radius 2 is 2.41 bits per heavy atom. The molecule has 0 radical (unpaired) electrons. The van der Waals surface area contributed by atoms with Gasteiger partial charge in [0.1, 0.15) is 6.42 Å². The monoisotopic (exact) mass is 237 g/mol. The Balaban J connectivity index is 1.97. The van der Waals surface area contributed by atoms with E-state index in [1.54, 1.807) is 11.1 Å². The standard InChI is InChI=1S/C11H15N3O3/c15-10(6-11(16)17)14-5-1-2-8(7-14)9-3-4-12-13-9/h3-4,8H,1-2,5-7H2,(H,12,13)(H,16,17). The predicted octanol–water partition coefficient (Wildman–Crippen LogP) is 0.590. The van der Waals surface area contributed by atoms with Gasteiger partial charge in [-0.05, 0) is 18.9 Å². The average Bonchev–Trinajstić information content (AvgIpc) is 2.82. The molecular weight excluding hydrogens is 222 g/mol. The van der Waals surface area contributed by atoms with Gasteiger partial charge in [0.25, 0.3) is 0 Å². The van der Waals surface area contributed by atoms with Gasteiger partial charge >= 0.3 is 5.97 Å². The number of carbonyl (C=O) groups excluding carboxylic acids is 1. The van der Waals surface area contributed by atoms with Gasteiger partial charge in [0.2, 0.25) is 5.91 Å². The fourth-order valence-corrected chi connectivity index (χ4v) is 2.19. The van der Waals surface area contributed by atoms with Crippen LogP contribution in [0.2, 0.25) is 0 Å². The van der Waals surface area contributed by atoms with Crippen molar-refractivity contribution < 1.29 is 14.7 Å². The van der Waals surface area contributed by atoms with Crippen LogP contribution in [0.3, 0.4) is 0 Å². The molecule has 1 aliphatic heterocycles. The molecule has 1 aromatic rings. The number of nitrogens with one attached hydrogen (secondary N) is 1. The Morgan fingerprint density at radius 3 is 3.06 bits per heavy atom. The summed E-state index contributed by atoms with van der Waals surface area (Å²) in [5.41, 5.74) is 1.01. The van der Waals surface area contributed by atoms with Crippen LogP contribution in [0.4, 0.5) is 0 Å². The number of hydrogen-bond acceptors (Lipinski definition) is 3. The number of nitrogens with zero attached hydrogens (tertiary/aromatic N) is 2. The molecule has 0 bridgehead atoms. The van der Waals surface area contributed by atoms with E-state index >= 15 is 0 Å². The molecule has 1 saturated heterocycles. The summed E-state index contributed by atoms with van der Waals surface area (Å²) in [6.45, 7) is 1.23. The first-order chi connectivity index (χ1) is 8.16. The van der Waals surface area contributed by atoms with Crippen LogP contribution in [0.25, 0.3) is 0 Å². The number of carboxylic acids is 1. The van der Waals surface area contributed by atoms with Gasteiger partial charge in [0.15, 0.2) is 0 Å². The normalized spacial score (nSPS) is 20.2. The van der Waals surface area contributed by atoms with Crippen molar-refractivity contribution in [1.82, 2.24) is 15.1 Å². The van der Waals surface area contributed by atoms with E-state index in [9.17, 15) is 9.59 Å². The first-order valence-electron chi connectivity index (χ1n) is 5.65. The van der Waals surface area contributed by atoms with Crippen LogP contribution in [-0.4, -0.2) is 45.2 Å². The number of H-pyrrole nitrogens is 1. The first kappa shape index (κ1) is 11.6. The number of carboxylic acid groups (broad SMARTS) is 1. The molecule has 0 aliphatic carbocycles. The minimum Gasteiger partial charge on any atom is -0.481 e. The maximum Gasteiger partial charge on any atom is 0.312 e. The summed E-state index contributed by atoms with van der Waals surface area (Å²) in [6.07, 6.45) is 3.16. The van der Waals surface area contributed by atoms with Crippen LogP contribution in [0, 0.1) is 0 Å². The molecule has 0 aromatic carbocycles. The molecule has 17 heavy (non-hydrogen) atoms. The lowest BCUT2D eigenvalue weighted by atomic mass is 9.95. The molecule has 2 heterocycles. The molecule has 2 N–H and O–H groups in total. The van der Waals surface area contributed by atoms with Crippen molar-refractivity contribution in [2.45, 2.75) is 25.2 Å². The highest BCUT2D eigenvalue weighted by atomic mass is 16.4. The van der Waals surface area contributed by atoms with E-state index in [0.717, 1.165) is 18.5 Å². The maximum atomic E-state index is 11.6. The third-order valence-electron chi connectivity index (χ3n) is 3.04. The number of piperidine rings is 1. The van der Waals surface area contributed by atoms with Gasteiger partial charge in [-0.15, -0.1) is 0 Å². The average molecular weight is 237 g/mol. The van der Waals surface area contributed by atoms with E-state index in [1.807, 2.05) is 6.07 Å². The molecule has 0 saturated carbocycles. The molecule has 6 heteroatoms. The van der Waals surface area contributed by atoms with Crippen LogP contribution >= 0.6 is 0 Å². The van der Waals surface area contributed by atoms with E-state index in [-0.39, 0.29) is 11.8 Å². The molecule has 1 fully saturated rings. The summed E-state index contributed by atoms with van der Waals surface area (Å²) >= 11 is 0. The summed E-state index contributed by atoms with van der Waals surface area (Å²) < 4.78 is 0. The molecule has 1 aromatic heterocycles. The van der Waals surface area contributed by atoms with Crippen molar-refractivity contribution in [3.8, 4) is 0 Å². The van der Waals surface area contributed by atoms with Gasteiger partial charge in [0.05, 0.1) is 0 Å². The third kappa shape index (κ3) is 2.83. The smallest absolute Gasteiger partial charge is 0.312 e. The largest absolute Gasteiger partial charge is 0.481 e. The number of aliphatic carboxylic acids is 1. The molecule has 92 valence electrons. The maximum absolute atomic E-state index is 11.6. The van der Waals surface area contributed by atoms with E-state index in [4.69, 9.17) is 5.11 Å². The lowest BCUT2D eigenvalue weighted by molar-refractivity contribution is -0.144. The zero-order chi connectivity index (χ0) is 12.3. The zero-order valence-electron chi connectivity index (χ0n) is 9.43. The van der Waals surface area contributed by atoms with Gasteiger partial charge in [-0.1, -0.05) is 0 Å². The number of carbonyl (C=O) groups is 2. The Bertz CT molecular complexity index is 402. The van der Waals surface area contributed by atoms with Crippen LogP contribution in [0.5, 0.6) is 0 Å². The summed E-state index contributed by atoms with van der Waals surface area (Å²) in [5.74, 6) is -1.13. The summed E-state index contributed by atoms with van der Waals surface area (Å²) in [5, 5.41) is 15.4. The first-order valence-corrected chi connectivity index (χ1v) is 5.65. The second-order valence-corrected chi connectivity index (χ2v) is 4.26. The Kier molecular flexibility index (Phi) is 3.41. The van der Waals surface area contributed by atoms with E-state index in [0.29, 0.717) is 13.1 Å². The van der Waals surface area contributed by atoms with Crippen molar-refractivity contribution in [2.24, 2.45) is 0 Å². The second-order valence-electron chi connectivity index (χ2n) is 4.26. The highest BCUT2D eigenvalue weighted by Crippen LogP contribution is 2.25. The number of aromatic nitrogens is 2. The number of likely N-dealkylation sites (tertiary alicyclic amines) is 1. The molecule has 1 aliphatic rings. The number of amides is 1. The van der Waals surface area contributed by atoms with Crippen molar-refractivity contribution >= 4 is 11.9 Å². The van der Waals surface area contributed by atoms with E-state index in [2.05, 4.69) is 10.2 Å². The van der Waals surface area contributed by atoms with Gasteiger partial charge in [-0.3, -0.25) is 14.7 Å². The molecule has 6 nitrogen and oxygen atoms in total. The third-order valence-corrected chi connectivity index (χ3v) is 3.04. The van der Waals surface area contributed by atoms with E-state index in [1.165, 1.54) is 0 Å². The highest BCUT2D eigenvalue weighted by molar-refractivity contribution is 5.93. The van der Waals surface area contributed by atoms with Gasteiger partial charge in [-0.25, -0.2) is 0 Å². The summed E-state index contributed by atoms with van der Waals surface area (Å²) in [4.78, 5) is 23.8. The predicted molar refractivity (Wildman–Crippen MR) is 59.4 cm³/mol. The second kappa shape index (κ2) is 4.99. The van der Waals surface area contributed by atoms with Crippen LogP contribution in [0.1, 0.15) is 30.9 Å². The van der Waals surface area contributed by atoms with Crippen molar-refractivity contribution in [2.75, 3.05) is 13.1 Å². The summed E-state index contributed by atoms with van der Waals surface area (Å²) in [7, 11) is 0. The van der Waals surface area contributed by atoms with Crippen molar-refractivity contribution in [1.29, 1.82) is 0 Å². The number of hydrogen-bond donors (Lipinski definition) is 2. The lowest BCUT2D eigenvalue weighted by Gasteiger charge is -2.31. The van der Waals surface area contributed by atoms with Gasteiger partial charge < -0.3 is 10.0 Å². The van der Waals surface area contributed by atoms with Crippen LogP contribution in [0.15, 0.2) is 12.3 Å². The van der Waals surface area contributed by atoms with Gasteiger partial charge in [-0.2, -0.15) is 5.10 Å². The lowest BCUT2D eigenvalue weighted by Crippen LogP contribution is -2.40. The molecule has 1 atom stereocenters. The molecule has 2 rings (SSSR count). The molecule has 0 spiro atoms. The minimum absolute atomic E-state index is 0.240. The van der Waals surface area contributed by atoms with Crippen LogP contribution < -0.4 is 0 Å². The van der Waals surface area contributed by atoms with Crippen LogP contribution in [-0.2, 0) is 9.59 Å². The molecule has 1 unspecified atom stereocenters. The molecule has 1 amide bonds. The Hall–Kier alpha value is -1.85. The quantitative estimate of drug-likeness (QED) is 0.753. The SMILES string of the molecule is O=C(O)CC(=O)N1CCCC(c2ccn[nH]2)C1. The Labute approximate surface area is 98.6 Å². The molecular formula is C11H15N3O3. The summed E-state index contributed by atoms with van der Waals surface area (Å²) in [6, 6.07) is 1.90.